The zero-order valence-corrected chi connectivity index (χ0v) is 13.3. The average molecular weight is 367 g/mol. The molecule has 0 aliphatic heterocycles. The molecule has 0 heterocycles. The first-order valence-electron chi connectivity index (χ1n) is 6.09. The van der Waals surface area contributed by atoms with E-state index in [-0.39, 0.29) is 17.4 Å². The van der Waals surface area contributed by atoms with E-state index >= 15 is 0 Å². The van der Waals surface area contributed by atoms with Crippen molar-refractivity contribution in [1.29, 1.82) is 0 Å². The van der Waals surface area contributed by atoms with Crippen molar-refractivity contribution in [3.05, 3.63) is 69.4 Å². The normalized spacial score (nSPS) is 10.2. The van der Waals surface area contributed by atoms with E-state index in [4.69, 9.17) is 18.0 Å². The second kappa shape index (κ2) is 6.78. The van der Waals surface area contributed by atoms with Crippen LogP contribution in [0.4, 0.5) is 4.39 Å². The van der Waals surface area contributed by atoms with Crippen molar-refractivity contribution in [3.63, 3.8) is 0 Å². The Kier molecular flexibility index (Phi) is 5.03. The quantitative estimate of drug-likeness (QED) is 0.817. The van der Waals surface area contributed by atoms with Crippen LogP contribution in [-0.4, -0.2) is 10.9 Å². The average Bonchev–Trinajstić information content (AvgIpc) is 2.45. The van der Waals surface area contributed by atoms with E-state index in [0.717, 1.165) is 4.47 Å². The minimum Gasteiger partial charge on any atom is -0.389 e. The van der Waals surface area contributed by atoms with Crippen LogP contribution in [-0.2, 0) is 6.54 Å². The number of thiocarbonyl (C=S) groups is 1. The van der Waals surface area contributed by atoms with E-state index in [2.05, 4.69) is 21.2 Å². The third kappa shape index (κ3) is 4.09. The van der Waals surface area contributed by atoms with E-state index in [1.807, 2.05) is 6.07 Å². The van der Waals surface area contributed by atoms with Gasteiger partial charge in [0.1, 0.15) is 10.8 Å². The van der Waals surface area contributed by atoms with Crippen LogP contribution in [0.5, 0.6) is 0 Å². The van der Waals surface area contributed by atoms with Crippen molar-refractivity contribution >= 4 is 39.0 Å². The van der Waals surface area contributed by atoms with Gasteiger partial charge in [-0.15, -0.1) is 0 Å². The molecule has 3 nitrogen and oxygen atoms in total. The van der Waals surface area contributed by atoms with Crippen LogP contribution in [0.25, 0.3) is 0 Å². The number of halogens is 2. The van der Waals surface area contributed by atoms with E-state index in [9.17, 15) is 9.18 Å². The molecule has 0 spiro atoms. The molecule has 0 bridgehead atoms. The molecular weight excluding hydrogens is 355 g/mol. The lowest BCUT2D eigenvalue weighted by atomic mass is 10.1. The van der Waals surface area contributed by atoms with Crippen molar-refractivity contribution < 1.29 is 9.18 Å². The van der Waals surface area contributed by atoms with Crippen LogP contribution >= 0.6 is 28.1 Å². The van der Waals surface area contributed by atoms with Gasteiger partial charge in [0.05, 0.1) is 0 Å². The number of benzene rings is 2. The molecule has 0 saturated heterocycles. The number of carbonyl (C=O) groups excluding carboxylic acids is 1. The predicted molar refractivity (Wildman–Crippen MR) is 87.6 cm³/mol. The molecule has 0 radical (unpaired) electrons. The second-order valence-corrected chi connectivity index (χ2v) is 5.72. The van der Waals surface area contributed by atoms with Crippen LogP contribution in [0.2, 0.25) is 0 Å². The summed E-state index contributed by atoms with van der Waals surface area (Å²) in [5.41, 5.74) is 6.78. The van der Waals surface area contributed by atoms with Crippen LogP contribution in [0.3, 0.4) is 0 Å². The summed E-state index contributed by atoms with van der Waals surface area (Å²) in [6.07, 6.45) is 0. The highest BCUT2D eigenvalue weighted by Crippen LogP contribution is 2.13. The molecule has 0 aliphatic rings. The van der Waals surface area contributed by atoms with Gasteiger partial charge in [-0.05, 0) is 24.3 Å². The van der Waals surface area contributed by atoms with Gasteiger partial charge in [0, 0.05) is 27.7 Å². The molecule has 0 aromatic heterocycles. The molecule has 0 unspecified atom stereocenters. The number of carbonyl (C=O) groups is 1. The van der Waals surface area contributed by atoms with Gasteiger partial charge >= 0.3 is 0 Å². The largest absolute Gasteiger partial charge is 0.389 e. The van der Waals surface area contributed by atoms with Gasteiger partial charge < -0.3 is 11.1 Å². The first kappa shape index (κ1) is 15.6. The van der Waals surface area contributed by atoms with Gasteiger partial charge in [0.2, 0.25) is 0 Å². The zero-order valence-electron chi connectivity index (χ0n) is 10.9. The van der Waals surface area contributed by atoms with Crippen molar-refractivity contribution in [2.24, 2.45) is 5.73 Å². The summed E-state index contributed by atoms with van der Waals surface area (Å²) in [4.78, 5) is 12.1. The lowest BCUT2D eigenvalue weighted by Gasteiger charge is -2.08. The molecule has 0 atom stereocenters. The summed E-state index contributed by atoms with van der Waals surface area (Å²) < 4.78 is 14.7. The van der Waals surface area contributed by atoms with Crippen LogP contribution in [0.1, 0.15) is 21.5 Å². The molecule has 6 heteroatoms. The molecule has 3 N–H and O–H groups in total. The van der Waals surface area contributed by atoms with Crippen molar-refractivity contribution in [2.45, 2.75) is 6.54 Å². The summed E-state index contributed by atoms with van der Waals surface area (Å²) in [5.74, 6) is -0.719. The van der Waals surface area contributed by atoms with E-state index in [1.165, 1.54) is 6.07 Å². The lowest BCUT2D eigenvalue weighted by molar-refractivity contribution is 0.0950. The second-order valence-electron chi connectivity index (χ2n) is 4.36. The number of hydrogen-bond acceptors (Lipinski definition) is 2. The van der Waals surface area contributed by atoms with Crippen LogP contribution < -0.4 is 11.1 Å². The van der Waals surface area contributed by atoms with Gasteiger partial charge in [-0.25, -0.2) is 4.39 Å². The Labute approximate surface area is 135 Å². The van der Waals surface area contributed by atoms with Gasteiger partial charge in [-0.3, -0.25) is 4.79 Å². The van der Waals surface area contributed by atoms with Crippen molar-refractivity contribution in [2.75, 3.05) is 0 Å². The summed E-state index contributed by atoms with van der Waals surface area (Å²) in [7, 11) is 0. The number of nitrogens with two attached hydrogens (primary N) is 1. The smallest absolute Gasteiger partial charge is 0.251 e. The maximum Gasteiger partial charge on any atom is 0.251 e. The number of amides is 1. The molecule has 0 saturated carbocycles. The van der Waals surface area contributed by atoms with Crippen LogP contribution in [0.15, 0.2) is 46.9 Å². The minimum atomic E-state index is -0.449. The highest BCUT2D eigenvalue weighted by atomic mass is 79.9. The monoisotopic (exact) mass is 366 g/mol. The van der Waals surface area contributed by atoms with Crippen molar-refractivity contribution in [1.82, 2.24) is 5.32 Å². The van der Waals surface area contributed by atoms with Gasteiger partial charge in [-0.1, -0.05) is 46.3 Å². The van der Waals surface area contributed by atoms with E-state index in [0.29, 0.717) is 16.7 Å². The topological polar surface area (TPSA) is 55.1 Å². The summed E-state index contributed by atoms with van der Waals surface area (Å²) in [6.45, 7) is 0.0921. The number of nitrogens with one attached hydrogen (secondary N) is 1. The maximum absolute atomic E-state index is 13.9. The summed E-state index contributed by atoms with van der Waals surface area (Å²) in [6, 6.07) is 11.4. The third-order valence-electron chi connectivity index (χ3n) is 2.86. The molecule has 2 aromatic rings. The highest BCUT2D eigenvalue weighted by molar-refractivity contribution is 9.10. The lowest BCUT2D eigenvalue weighted by Crippen LogP contribution is -2.23. The Hall–Kier alpha value is -1.79. The van der Waals surface area contributed by atoms with Crippen LogP contribution in [0, 0.1) is 5.82 Å². The molecule has 108 valence electrons. The summed E-state index contributed by atoms with van der Waals surface area (Å²) in [5, 5.41) is 2.67. The Bertz CT molecular complexity index is 706. The molecular formula is C15H12BrFN2OS. The fourth-order valence-corrected chi connectivity index (χ4v) is 2.28. The van der Waals surface area contributed by atoms with Gasteiger partial charge in [-0.2, -0.15) is 0 Å². The number of rotatable bonds is 4. The SMILES string of the molecule is NC(=S)c1ccc(CNC(=O)c2cccc(Br)c2)c(F)c1. The third-order valence-corrected chi connectivity index (χ3v) is 3.59. The maximum atomic E-state index is 13.9. The fourth-order valence-electron chi connectivity index (χ4n) is 1.75. The van der Waals surface area contributed by atoms with Gasteiger partial charge in [0.25, 0.3) is 5.91 Å². The predicted octanol–water partition coefficient (Wildman–Crippen LogP) is 3.15. The molecule has 0 aliphatic carbocycles. The Morgan fingerprint density at radius 1 is 1.24 bits per heavy atom. The zero-order chi connectivity index (χ0) is 15.4. The molecule has 2 rings (SSSR count). The Morgan fingerprint density at radius 3 is 2.62 bits per heavy atom. The standard InChI is InChI=1S/C15H12BrFN2OS/c16-12-3-1-2-10(6-12)15(20)19-8-11-5-4-9(14(18)21)7-13(11)17/h1-7H,8H2,(H2,18,21)(H,19,20). The highest BCUT2D eigenvalue weighted by Gasteiger charge is 2.09. The Balaban J connectivity index is 2.06. The molecule has 1 amide bonds. The first-order valence-corrected chi connectivity index (χ1v) is 7.29. The summed E-state index contributed by atoms with van der Waals surface area (Å²) >= 11 is 8.08. The molecule has 0 fully saturated rings. The van der Waals surface area contributed by atoms with Gasteiger partial charge in [0.15, 0.2) is 0 Å². The Morgan fingerprint density at radius 2 is 2.00 bits per heavy atom. The first-order chi connectivity index (χ1) is 9.97. The van der Waals surface area contributed by atoms with Crippen molar-refractivity contribution in [3.8, 4) is 0 Å². The van der Waals surface area contributed by atoms with E-state index in [1.54, 1.807) is 30.3 Å². The minimum absolute atomic E-state index is 0.0921. The van der Waals surface area contributed by atoms with E-state index < -0.39 is 5.82 Å². The number of hydrogen-bond donors (Lipinski definition) is 2. The fraction of sp³-hybridized carbons (Fsp3) is 0.0667. The molecule has 21 heavy (non-hydrogen) atoms. The molecule has 2 aromatic carbocycles.